The Labute approximate surface area is 119 Å². The molecular weight excluding hydrogens is 252 g/mol. The molecule has 0 spiro atoms. The summed E-state index contributed by atoms with van der Waals surface area (Å²) in [5.41, 5.74) is 1.67. The largest absolute Gasteiger partial charge is 0.490 e. The smallest absolute Gasteiger partial charge is 0.338 e. The first kappa shape index (κ1) is 14.1. The van der Waals surface area contributed by atoms with Crippen molar-refractivity contribution >= 4 is 5.97 Å². The molecule has 0 aromatic heterocycles. The number of para-hydroxylation sites is 1. The van der Waals surface area contributed by atoms with Gasteiger partial charge in [0.2, 0.25) is 0 Å². The summed E-state index contributed by atoms with van der Waals surface area (Å²) in [6, 6.07) is 16.8. The van der Waals surface area contributed by atoms with Gasteiger partial charge in [-0.1, -0.05) is 35.9 Å². The van der Waals surface area contributed by atoms with Crippen LogP contribution in [0.5, 0.6) is 5.75 Å². The number of rotatable bonds is 5. The van der Waals surface area contributed by atoms with Gasteiger partial charge in [-0.05, 0) is 38.1 Å². The lowest BCUT2D eigenvalue weighted by molar-refractivity contribution is 0.0228. The molecule has 1 unspecified atom stereocenters. The summed E-state index contributed by atoms with van der Waals surface area (Å²) in [7, 11) is 0. The van der Waals surface area contributed by atoms with E-state index in [1.807, 2.05) is 56.3 Å². The molecule has 3 nitrogen and oxygen atoms in total. The normalized spacial score (nSPS) is 11.7. The van der Waals surface area contributed by atoms with Gasteiger partial charge in [-0.2, -0.15) is 0 Å². The minimum atomic E-state index is -0.325. The van der Waals surface area contributed by atoms with E-state index < -0.39 is 0 Å². The predicted octanol–water partition coefficient (Wildman–Crippen LogP) is 3.62. The molecule has 0 saturated carbocycles. The Morgan fingerprint density at radius 3 is 2.35 bits per heavy atom. The van der Waals surface area contributed by atoms with Gasteiger partial charge in [0.05, 0.1) is 5.56 Å². The fraction of sp³-hybridized carbons (Fsp3) is 0.235. The third kappa shape index (κ3) is 4.12. The second-order valence-corrected chi connectivity index (χ2v) is 4.71. The zero-order valence-electron chi connectivity index (χ0n) is 11.7. The van der Waals surface area contributed by atoms with Crippen LogP contribution in [0.2, 0.25) is 0 Å². The van der Waals surface area contributed by atoms with Crippen LogP contribution in [-0.2, 0) is 4.74 Å². The van der Waals surface area contributed by atoms with Crippen molar-refractivity contribution in [1.82, 2.24) is 0 Å². The van der Waals surface area contributed by atoms with Crippen LogP contribution in [0.25, 0.3) is 0 Å². The van der Waals surface area contributed by atoms with Crippen molar-refractivity contribution < 1.29 is 14.3 Å². The monoisotopic (exact) mass is 270 g/mol. The van der Waals surface area contributed by atoms with Crippen molar-refractivity contribution in [3.8, 4) is 5.75 Å². The first-order chi connectivity index (χ1) is 9.65. The molecule has 20 heavy (non-hydrogen) atoms. The summed E-state index contributed by atoms with van der Waals surface area (Å²) in [6.45, 7) is 4.13. The number of carbonyl (C=O) groups excluding carboxylic acids is 1. The van der Waals surface area contributed by atoms with Crippen molar-refractivity contribution in [2.75, 3.05) is 6.61 Å². The molecule has 2 aromatic carbocycles. The maximum absolute atomic E-state index is 11.9. The Kier molecular flexibility index (Phi) is 4.77. The van der Waals surface area contributed by atoms with E-state index in [0.29, 0.717) is 12.2 Å². The van der Waals surface area contributed by atoms with Crippen LogP contribution < -0.4 is 4.74 Å². The van der Waals surface area contributed by atoms with Gasteiger partial charge >= 0.3 is 5.97 Å². The van der Waals surface area contributed by atoms with Crippen molar-refractivity contribution in [2.45, 2.75) is 20.0 Å². The number of esters is 1. The summed E-state index contributed by atoms with van der Waals surface area (Å²) >= 11 is 0. The Balaban J connectivity index is 1.83. The Morgan fingerprint density at radius 2 is 1.70 bits per heavy atom. The molecule has 1 atom stereocenters. The molecule has 2 aromatic rings. The van der Waals surface area contributed by atoms with Crippen LogP contribution in [0, 0.1) is 6.92 Å². The molecule has 0 N–H and O–H groups in total. The van der Waals surface area contributed by atoms with Gasteiger partial charge in [0.15, 0.2) is 0 Å². The summed E-state index contributed by atoms with van der Waals surface area (Å²) in [5.74, 6) is 0.444. The molecule has 0 aliphatic rings. The Morgan fingerprint density at radius 1 is 1.05 bits per heavy atom. The second-order valence-electron chi connectivity index (χ2n) is 4.71. The number of carbonyl (C=O) groups is 1. The Hall–Kier alpha value is -2.29. The van der Waals surface area contributed by atoms with E-state index in [9.17, 15) is 4.79 Å². The number of hydrogen-bond donors (Lipinski definition) is 0. The lowest BCUT2D eigenvalue weighted by Gasteiger charge is -2.14. The highest BCUT2D eigenvalue weighted by Gasteiger charge is 2.12. The van der Waals surface area contributed by atoms with E-state index in [1.54, 1.807) is 12.1 Å². The lowest BCUT2D eigenvalue weighted by atomic mass is 10.1. The van der Waals surface area contributed by atoms with Crippen LogP contribution in [-0.4, -0.2) is 18.7 Å². The maximum atomic E-state index is 11.9. The fourth-order valence-corrected chi connectivity index (χ4v) is 1.70. The van der Waals surface area contributed by atoms with E-state index in [4.69, 9.17) is 9.47 Å². The SMILES string of the molecule is Cc1ccc(C(=O)OC(C)COc2ccccc2)cc1. The van der Waals surface area contributed by atoms with Crippen molar-refractivity contribution in [3.63, 3.8) is 0 Å². The standard InChI is InChI=1S/C17H18O3/c1-13-8-10-15(11-9-13)17(18)20-14(2)12-19-16-6-4-3-5-7-16/h3-11,14H,12H2,1-2H3. The van der Waals surface area contributed by atoms with Gasteiger partial charge < -0.3 is 9.47 Å². The number of aryl methyl sites for hydroxylation is 1. The molecule has 0 fully saturated rings. The van der Waals surface area contributed by atoms with Gasteiger partial charge in [0.25, 0.3) is 0 Å². The highest BCUT2D eigenvalue weighted by Crippen LogP contribution is 2.10. The topological polar surface area (TPSA) is 35.5 Å². The average molecular weight is 270 g/mol. The van der Waals surface area contributed by atoms with E-state index in [-0.39, 0.29) is 12.1 Å². The minimum Gasteiger partial charge on any atom is -0.490 e. The van der Waals surface area contributed by atoms with Crippen LogP contribution in [0.3, 0.4) is 0 Å². The molecule has 0 amide bonds. The van der Waals surface area contributed by atoms with E-state index in [1.165, 1.54) is 0 Å². The molecule has 2 rings (SSSR count). The van der Waals surface area contributed by atoms with Crippen LogP contribution in [0.15, 0.2) is 54.6 Å². The Bertz CT molecular complexity index is 546. The minimum absolute atomic E-state index is 0.302. The van der Waals surface area contributed by atoms with Gasteiger partial charge in [-0.15, -0.1) is 0 Å². The summed E-state index contributed by atoms with van der Waals surface area (Å²) < 4.78 is 10.9. The molecule has 0 aliphatic heterocycles. The van der Waals surface area contributed by atoms with Gasteiger partial charge in [-0.3, -0.25) is 0 Å². The quantitative estimate of drug-likeness (QED) is 0.778. The van der Waals surface area contributed by atoms with E-state index in [0.717, 1.165) is 11.3 Å². The molecule has 0 radical (unpaired) electrons. The summed E-state index contributed by atoms with van der Waals surface area (Å²) in [5, 5.41) is 0. The van der Waals surface area contributed by atoms with E-state index in [2.05, 4.69) is 0 Å². The van der Waals surface area contributed by atoms with Crippen molar-refractivity contribution in [1.29, 1.82) is 0 Å². The number of hydrogen-bond acceptors (Lipinski definition) is 3. The molecule has 0 aliphatic carbocycles. The third-order valence-corrected chi connectivity index (χ3v) is 2.82. The summed E-state index contributed by atoms with van der Waals surface area (Å²) in [6.07, 6.45) is -0.302. The van der Waals surface area contributed by atoms with Crippen LogP contribution in [0.1, 0.15) is 22.8 Å². The molecule has 3 heteroatoms. The van der Waals surface area contributed by atoms with Crippen molar-refractivity contribution in [2.24, 2.45) is 0 Å². The molecule has 0 heterocycles. The highest BCUT2D eigenvalue weighted by molar-refractivity contribution is 5.89. The molecule has 0 saturated heterocycles. The first-order valence-corrected chi connectivity index (χ1v) is 6.60. The number of ether oxygens (including phenoxy) is 2. The molecule has 104 valence electrons. The van der Waals surface area contributed by atoms with Crippen molar-refractivity contribution in [3.05, 3.63) is 65.7 Å². The summed E-state index contributed by atoms with van der Waals surface area (Å²) in [4.78, 5) is 11.9. The fourth-order valence-electron chi connectivity index (χ4n) is 1.70. The lowest BCUT2D eigenvalue weighted by Crippen LogP contribution is -2.22. The van der Waals surface area contributed by atoms with Crippen LogP contribution >= 0.6 is 0 Å². The van der Waals surface area contributed by atoms with Gasteiger partial charge in [0, 0.05) is 0 Å². The average Bonchev–Trinajstić information content (AvgIpc) is 2.47. The highest BCUT2D eigenvalue weighted by atomic mass is 16.6. The van der Waals surface area contributed by atoms with Gasteiger partial charge in [-0.25, -0.2) is 4.79 Å². The zero-order valence-corrected chi connectivity index (χ0v) is 11.7. The molecular formula is C17H18O3. The van der Waals surface area contributed by atoms with Gasteiger partial charge in [0.1, 0.15) is 18.5 Å². The first-order valence-electron chi connectivity index (χ1n) is 6.60. The molecule has 0 bridgehead atoms. The van der Waals surface area contributed by atoms with E-state index >= 15 is 0 Å². The van der Waals surface area contributed by atoms with Crippen LogP contribution in [0.4, 0.5) is 0 Å². The zero-order chi connectivity index (χ0) is 14.4. The number of benzene rings is 2. The second kappa shape index (κ2) is 6.75. The third-order valence-electron chi connectivity index (χ3n) is 2.82. The maximum Gasteiger partial charge on any atom is 0.338 e. The predicted molar refractivity (Wildman–Crippen MR) is 78.0 cm³/mol.